The predicted molar refractivity (Wildman–Crippen MR) is 48.9 cm³/mol. The second-order valence-corrected chi connectivity index (χ2v) is 3.17. The van der Waals surface area contributed by atoms with Crippen LogP contribution in [-0.2, 0) is 0 Å². The lowest BCUT2D eigenvalue weighted by molar-refractivity contribution is 0.572. The van der Waals surface area contributed by atoms with Crippen LogP contribution >= 0.6 is 12.4 Å². The Labute approximate surface area is 81.3 Å². The molecule has 0 amide bonds. The fourth-order valence-corrected chi connectivity index (χ4v) is 1.37. The Hall–Kier alpha value is -0.670. The number of rotatable bonds is 1. The third-order valence-electron chi connectivity index (χ3n) is 2.20. The highest BCUT2D eigenvalue weighted by atomic mass is 35.5. The molecule has 2 N–H and O–H groups in total. The van der Waals surface area contributed by atoms with Crippen LogP contribution in [0.4, 0.5) is 8.78 Å². The molecule has 1 aliphatic rings. The smallest absolute Gasteiger partial charge is 0.129 e. The highest BCUT2D eigenvalue weighted by molar-refractivity contribution is 5.85. The van der Waals surface area contributed by atoms with Gasteiger partial charge in [0.15, 0.2) is 0 Å². The van der Waals surface area contributed by atoms with E-state index in [1.54, 1.807) is 0 Å². The van der Waals surface area contributed by atoms with Crippen LogP contribution in [0.5, 0.6) is 0 Å². The molecule has 72 valence electrons. The molecule has 1 aromatic rings. The average molecular weight is 206 g/mol. The average Bonchev–Trinajstić information content (AvgIpc) is 2.66. The van der Waals surface area contributed by atoms with Gasteiger partial charge in [-0.15, -0.1) is 12.4 Å². The molecule has 1 aliphatic carbocycles. The number of nitrogens with two attached hydrogens (primary N) is 1. The molecule has 2 rings (SSSR count). The predicted octanol–water partition coefficient (Wildman–Crippen LogP) is 2.20. The monoisotopic (exact) mass is 205 g/mol. The molecular weight excluding hydrogens is 196 g/mol. The summed E-state index contributed by atoms with van der Waals surface area (Å²) in [6.07, 6.45) is 0.808. The Kier molecular flexibility index (Phi) is 2.88. The molecule has 0 bridgehead atoms. The Balaban J connectivity index is 0.000000845. The van der Waals surface area contributed by atoms with E-state index in [2.05, 4.69) is 0 Å². The van der Waals surface area contributed by atoms with Gasteiger partial charge in [0, 0.05) is 18.0 Å². The highest BCUT2D eigenvalue weighted by Crippen LogP contribution is 2.40. The lowest BCUT2D eigenvalue weighted by atomic mass is 10.1. The molecule has 1 saturated carbocycles. The number of hydrogen-bond donors (Lipinski definition) is 1. The molecule has 1 nitrogen and oxygen atoms in total. The van der Waals surface area contributed by atoms with Crippen molar-refractivity contribution in [1.29, 1.82) is 0 Å². The lowest BCUT2D eigenvalue weighted by Gasteiger charge is -1.99. The largest absolute Gasteiger partial charge is 0.327 e. The van der Waals surface area contributed by atoms with Gasteiger partial charge in [-0.25, -0.2) is 8.78 Å². The first-order valence-electron chi connectivity index (χ1n) is 3.89. The van der Waals surface area contributed by atoms with Gasteiger partial charge in [0.1, 0.15) is 11.6 Å². The minimum Gasteiger partial charge on any atom is -0.327 e. The fraction of sp³-hybridized carbons (Fsp3) is 0.333. The summed E-state index contributed by atoms with van der Waals surface area (Å²) in [5, 5.41) is 0. The van der Waals surface area contributed by atoms with E-state index in [0.29, 0.717) is 5.56 Å². The lowest BCUT2D eigenvalue weighted by Crippen LogP contribution is -2.02. The first-order chi connectivity index (χ1) is 5.68. The summed E-state index contributed by atoms with van der Waals surface area (Å²) in [5.41, 5.74) is 6.09. The Morgan fingerprint density at radius 2 is 1.92 bits per heavy atom. The zero-order valence-corrected chi connectivity index (χ0v) is 7.65. The van der Waals surface area contributed by atoms with Crippen molar-refractivity contribution in [2.24, 2.45) is 5.73 Å². The van der Waals surface area contributed by atoms with Crippen molar-refractivity contribution < 1.29 is 8.78 Å². The number of benzene rings is 1. The summed E-state index contributed by atoms with van der Waals surface area (Å²) in [6.45, 7) is 0. The SMILES string of the molecule is Cl.N[C@@H]1C[C@H]1c1ccc(F)cc1F. The molecule has 13 heavy (non-hydrogen) atoms. The van der Waals surface area contributed by atoms with Crippen molar-refractivity contribution in [3.63, 3.8) is 0 Å². The standard InChI is InChI=1S/C9H9F2N.ClH/c10-5-1-2-6(8(11)3-5)7-4-9(7)12;/h1-3,7,9H,4,12H2;1H/t7-,9+;/m0./s1. The summed E-state index contributed by atoms with van der Waals surface area (Å²) in [6, 6.07) is 3.71. The third-order valence-corrected chi connectivity index (χ3v) is 2.20. The molecule has 0 aliphatic heterocycles. The van der Waals surface area contributed by atoms with E-state index in [-0.39, 0.29) is 24.4 Å². The normalized spacial score (nSPS) is 25.2. The van der Waals surface area contributed by atoms with Crippen LogP contribution in [0, 0.1) is 11.6 Å². The minimum absolute atomic E-state index is 0. The van der Waals surface area contributed by atoms with E-state index < -0.39 is 11.6 Å². The summed E-state index contributed by atoms with van der Waals surface area (Å²) >= 11 is 0. The van der Waals surface area contributed by atoms with Crippen molar-refractivity contribution in [3.8, 4) is 0 Å². The minimum atomic E-state index is -0.537. The molecule has 4 heteroatoms. The molecule has 2 atom stereocenters. The summed E-state index contributed by atoms with van der Waals surface area (Å²) in [5.74, 6) is -0.913. The number of halogens is 3. The fourth-order valence-electron chi connectivity index (χ4n) is 1.37. The third kappa shape index (κ3) is 1.98. The quantitative estimate of drug-likeness (QED) is 0.748. The Morgan fingerprint density at radius 3 is 2.38 bits per heavy atom. The summed E-state index contributed by atoms with van der Waals surface area (Å²) in [7, 11) is 0. The molecule has 0 spiro atoms. The van der Waals surface area contributed by atoms with Gasteiger partial charge in [-0.1, -0.05) is 6.07 Å². The van der Waals surface area contributed by atoms with Crippen molar-refractivity contribution >= 4 is 12.4 Å². The molecule has 0 aromatic heterocycles. The Bertz CT molecular complexity index is 316. The molecule has 0 heterocycles. The molecule has 0 radical (unpaired) electrons. The van der Waals surface area contributed by atoms with Crippen molar-refractivity contribution in [1.82, 2.24) is 0 Å². The van der Waals surface area contributed by atoms with Gasteiger partial charge < -0.3 is 5.73 Å². The maximum atomic E-state index is 13.0. The van der Waals surface area contributed by atoms with E-state index in [1.807, 2.05) is 0 Å². The maximum Gasteiger partial charge on any atom is 0.129 e. The van der Waals surface area contributed by atoms with Crippen molar-refractivity contribution in [2.75, 3.05) is 0 Å². The van der Waals surface area contributed by atoms with Crippen LogP contribution in [-0.4, -0.2) is 6.04 Å². The molecule has 0 unspecified atom stereocenters. The second kappa shape index (κ2) is 3.60. The summed E-state index contributed by atoms with van der Waals surface area (Å²) in [4.78, 5) is 0. The van der Waals surface area contributed by atoms with Gasteiger partial charge >= 0.3 is 0 Å². The number of hydrogen-bond acceptors (Lipinski definition) is 1. The zero-order chi connectivity index (χ0) is 8.72. The summed E-state index contributed by atoms with van der Waals surface area (Å²) < 4.78 is 25.5. The maximum absolute atomic E-state index is 13.0. The molecule has 0 saturated heterocycles. The van der Waals surface area contributed by atoms with Gasteiger partial charge in [-0.2, -0.15) is 0 Å². The van der Waals surface area contributed by atoms with E-state index in [0.717, 1.165) is 12.5 Å². The highest BCUT2D eigenvalue weighted by Gasteiger charge is 2.36. The van der Waals surface area contributed by atoms with Gasteiger partial charge in [0.2, 0.25) is 0 Å². The topological polar surface area (TPSA) is 26.0 Å². The molecule has 1 fully saturated rings. The molecular formula is C9H10ClF2N. The van der Waals surface area contributed by atoms with E-state index in [1.165, 1.54) is 12.1 Å². The van der Waals surface area contributed by atoms with Gasteiger partial charge in [0.05, 0.1) is 0 Å². The van der Waals surface area contributed by atoms with Crippen molar-refractivity contribution in [3.05, 3.63) is 35.4 Å². The van der Waals surface area contributed by atoms with Gasteiger partial charge in [-0.3, -0.25) is 0 Å². The van der Waals surface area contributed by atoms with Crippen molar-refractivity contribution in [2.45, 2.75) is 18.4 Å². The zero-order valence-electron chi connectivity index (χ0n) is 6.84. The second-order valence-electron chi connectivity index (χ2n) is 3.17. The van der Waals surface area contributed by atoms with Crippen LogP contribution in [0.25, 0.3) is 0 Å². The van der Waals surface area contributed by atoms with Gasteiger partial charge in [0.25, 0.3) is 0 Å². The van der Waals surface area contributed by atoms with Crippen LogP contribution in [0.1, 0.15) is 17.9 Å². The van der Waals surface area contributed by atoms with E-state index in [9.17, 15) is 8.78 Å². The van der Waals surface area contributed by atoms with Crippen LogP contribution in [0.2, 0.25) is 0 Å². The van der Waals surface area contributed by atoms with E-state index >= 15 is 0 Å². The van der Waals surface area contributed by atoms with E-state index in [4.69, 9.17) is 5.73 Å². The Morgan fingerprint density at radius 1 is 1.31 bits per heavy atom. The van der Waals surface area contributed by atoms with Crippen LogP contribution in [0.15, 0.2) is 18.2 Å². The van der Waals surface area contributed by atoms with Crippen LogP contribution < -0.4 is 5.73 Å². The van der Waals surface area contributed by atoms with Crippen LogP contribution in [0.3, 0.4) is 0 Å². The van der Waals surface area contributed by atoms with Gasteiger partial charge in [-0.05, 0) is 18.1 Å². The first-order valence-corrected chi connectivity index (χ1v) is 3.89. The molecule has 1 aromatic carbocycles. The first kappa shape index (κ1) is 10.4.